The number of rotatable bonds is 1. The normalized spacial score (nSPS) is 10.9. The molecule has 0 fully saturated rings. The number of nitrogens with zero attached hydrogens (tertiary/aromatic N) is 1. The number of hydrogen-bond acceptors (Lipinski definition) is 0. The molecule has 1 aromatic heterocycles. The summed E-state index contributed by atoms with van der Waals surface area (Å²) >= 11 is 0. The fraction of sp³-hybridized carbons (Fsp3) is 0.0667. The summed E-state index contributed by atoms with van der Waals surface area (Å²) in [6.07, 6.45) is 2.06. The minimum Gasteiger partial charge on any atom is -0.316 e. The van der Waals surface area contributed by atoms with Crippen LogP contribution >= 0.6 is 0 Å². The zero-order valence-electron chi connectivity index (χ0n) is 9.44. The van der Waals surface area contributed by atoms with Gasteiger partial charge in [-0.25, -0.2) is 4.39 Å². The Morgan fingerprint density at radius 2 is 1.88 bits per heavy atom. The first-order valence-electron chi connectivity index (χ1n) is 5.49. The molecule has 1 nitrogen and oxygen atoms in total. The Kier molecular flexibility index (Phi) is 2.22. The predicted octanol–water partition coefficient (Wildman–Crippen LogP) is 3.88. The molecule has 0 saturated carbocycles. The maximum atomic E-state index is 12.9. The minimum atomic E-state index is -0.213. The van der Waals surface area contributed by atoms with Crippen LogP contribution in [0.5, 0.6) is 0 Å². The lowest BCUT2D eigenvalue weighted by Gasteiger charge is -2.04. The van der Waals surface area contributed by atoms with Crippen LogP contribution in [-0.4, -0.2) is 4.57 Å². The highest BCUT2D eigenvalue weighted by atomic mass is 19.1. The van der Waals surface area contributed by atoms with Gasteiger partial charge in [-0.1, -0.05) is 6.07 Å². The van der Waals surface area contributed by atoms with E-state index >= 15 is 0 Å². The van der Waals surface area contributed by atoms with E-state index in [9.17, 15) is 4.39 Å². The first-order chi connectivity index (χ1) is 8.25. The van der Waals surface area contributed by atoms with Gasteiger partial charge >= 0.3 is 0 Å². The van der Waals surface area contributed by atoms with E-state index in [0.717, 1.165) is 11.2 Å². The zero-order valence-corrected chi connectivity index (χ0v) is 9.44. The Labute approximate surface area is 99.1 Å². The van der Waals surface area contributed by atoms with Gasteiger partial charge in [-0.3, -0.25) is 0 Å². The molecule has 0 N–H and O–H groups in total. The third-order valence-electron chi connectivity index (χ3n) is 2.95. The zero-order chi connectivity index (χ0) is 11.8. The number of aromatic nitrogens is 1. The van der Waals surface area contributed by atoms with Crippen molar-refractivity contribution < 1.29 is 4.39 Å². The first kappa shape index (κ1) is 10.1. The number of benzene rings is 2. The molecule has 17 heavy (non-hydrogen) atoms. The van der Waals surface area contributed by atoms with E-state index in [4.69, 9.17) is 0 Å². The second kappa shape index (κ2) is 3.74. The van der Waals surface area contributed by atoms with Gasteiger partial charge in [0.05, 0.1) is 5.52 Å². The standard InChI is InChI=1S/C15H11FN/c1-11-10-17(13-8-6-12(16)7-9-13)15-5-3-2-4-14(11)15/h3-10H,1H3. The van der Waals surface area contributed by atoms with Crippen LogP contribution < -0.4 is 0 Å². The Morgan fingerprint density at radius 3 is 2.65 bits per heavy atom. The van der Waals surface area contributed by atoms with Crippen LogP contribution in [0.1, 0.15) is 5.56 Å². The first-order valence-corrected chi connectivity index (χ1v) is 5.49. The molecule has 0 bridgehead atoms. The highest BCUT2D eigenvalue weighted by molar-refractivity contribution is 5.85. The van der Waals surface area contributed by atoms with E-state index in [2.05, 4.69) is 23.8 Å². The summed E-state index contributed by atoms with van der Waals surface area (Å²) in [6.45, 7) is 2.07. The fourth-order valence-electron chi connectivity index (χ4n) is 2.10. The van der Waals surface area contributed by atoms with Gasteiger partial charge in [0.2, 0.25) is 0 Å². The van der Waals surface area contributed by atoms with Crippen LogP contribution in [0.2, 0.25) is 0 Å². The predicted molar refractivity (Wildman–Crippen MR) is 66.8 cm³/mol. The average Bonchev–Trinajstić information content (AvgIpc) is 2.69. The number of fused-ring (bicyclic) bond motifs is 1. The molecule has 0 spiro atoms. The summed E-state index contributed by atoms with van der Waals surface area (Å²) < 4.78 is 15.0. The van der Waals surface area contributed by atoms with Crippen molar-refractivity contribution >= 4 is 10.9 Å². The van der Waals surface area contributed by atoms with Gasteiger partial charge in [0.25, 0.3) is 0 Å². The molecule has 2 heteroatoms. The van der Waals surface area contributed by atoms with E-state index in [0.29, 0.717) is 0 Å². The SMILES string of the molecule is Cc1cn(-c2ccc(F)cc2)c2cc[c]cc12. The molecule has 1 heterocycles. The van der Waals surface area contributed by atoms with Gasteiger partial charge in [-0.15, -0.1) is 0 Å². The van der Waals surface area contributed by atoms with Gasteiger partial charge < -0.3 is 4.57 Å². The maximum Gasteiger partial charge on any atom is 0.123 e. The Hall–Kier alpha value is -2.09. The summed E-state index contributed by atoms with van der Waals surface area (Å²) in [5.74, 6) is -0.213. The lowest BCUT2D eigenvalue weighted by atomic mass is 10.2. The summed E-state index contributed by atoms with van der Waals surface area (Å²) in [7, 11) is 0. The van der Waals surface area contributed by atoms with Crippen LogP contribution in [0.25, 0.3) is 16.6 Å². The molecule has 0 unspecified atom stereocenters. The van der Waals surface area contributed by atoms with E-state index in [1.54, 1.807) is 12.1 Å². The van der Waals surface area contributed by atoms with E-state index in [1.165, 1.54) is 23.1 Å². The average molecular weight is 224 g/mol. The van der Waals surface area contributed by atoms with Crippen molar-refractivity contribution in [3.05, 3.63) is 66.1 Å². The van der Waals surface area contributed by atoms with Crippen LogP contribution in [0.15, 0.2) is 48.7 Å². The fourth-order valence-corrected chi connectivity index (χ4v) is 2.10. The molecule has 0 aliphatic carbocycles. The Morgan fingerprint density at radius 1 is 1.12 bits per heavy atom. The Bertz CT molecular complexity index is 665. The molecular formula is C15H11FN. The quantitative estimate of drug-likeness (QED) is 0.591. The van der Waals surface area contributed by atoms with Crippen LogP contribution in [-0.2, 0) is 0 Å². The molecule has 0 aliphatic rings. The van der Waals surface area contributed by atoms with E-state index in [-0.39, 0.29) is 5.82 Å². The van der Waals surface area contributed by atoms with Crippen molar-refractivity contribution in [2.75, 3.05) is 0 Å². The van der Waals surface area contributed by atoms with Crippen molar-refractivity contribution in [1.82, 2.24) is 4.57 Å². The van der Waals surface area contributed by atoms with E-state index < -0.39 is 0 Å². The van der Waals surface area contributed by atoms with Gasteiger partial charge in [0.1, 0.15) is 5.82 Å². The van der Waals surface area contributed by atoms with Crippen molar-refractivity contribution in [2.45, 2.75) is 6.92 Å². The smallest absolute Gasteiger partial charge is 0.123 e. The third-order valence-corrected chi connectivity index (χ3v) is 2.95. The molecule has 0 amide bonds. The summed E-state index contributed by atoms with van der Waals surface area (Å²) in [4.78, 5) is 0. The van der Waals surface area contributed by atoms with Crippen molar-refractivity contribution in [1.29, 1.82) is 0 Å². The summed E-state index contributed by atoms with van der Waals surface area (Å²) in [5.41, 5.74) is 3.28. The number of halogens is 1. The lowest BCUT2D eigenvalue weighted by Crippen LogP contribution is -1.91. The minimum absolute atomic E-state index is 0.213. The molecular weight excluding hydrogens is 213 g/mol. The molecule has 1 radical (unpaired) electrons. The molecule has 3 rings (SSSR count). The molecule has 0 saturated heterocycles. The van der Waals surface area contributed by atoms with Gasteiger partial charge in [0, 0.05) is 17.3 Å². The Balaban J connectivity index is 2.27. The summed E-state index contributed by atoms with van der Waals surface area (Å²) in [5, 5.41) is 1.18. The van der Waals surface area contributed by atoms with Crippen LogP contribution in [0.4, 0.5) is 4.39 Å². The number of hydrogen-bond donors (Lipinski definition) is 0. The van der Waals surface area contributed by atoms with Gasteiger partial charge in [-0.05, 0) is 55.0 Å². The highest BCUT2D eigenvalue weighted by Gasteiger charge is 2.05. The van der Waals surface area contributed by atoms with Crippen LogP contribution in [0, 0.1) is 18.8 Å². The van der Waals surface area contributed by atoms with Crippen LogP contribution in [0.3, 0.4) is 0 Å². The van der Waals surface area contributed by atoms with Gasteiger partial charge in [0.15, 0.2) is 0 Å². The molecule has 83 valence electrons. The largest absolute Gasteiger partial charge is 0.316 e. The monoisotopic (exact) mass is 224 g/mol. The molecule has 0 atom stereocenters. The topological polar surface area (TPSA) is 4.93 Å². The second-order valence-electron chi connectivity index (χ2n) is 4.10. The summed E-state index contributed by atoms with van der Waals surface area (Å²) in [6, 6.07) is 15.5. The second-order valence-corrected chi connectivity index (χ2v) is 4.10. The molecule has 2 aromatic carbocycles. The van der Waals surface area contributed by atoms with Gasteiger partial charge in [-0.2, -0.15) is 0 Å². The van der Waals surface area contributed by atoms with Crippen molar-refractivity contribution in [3.8, 4) is 5.69 Å². The molecule has 0 aliphatic heterocycles. The maximum absolute atomic E-state index is 12.9. The molecule has 3 aromatic rings. The third kappa shape index (κ3) is 1.62. The lowest BCUT2D eigenvalue weighted by molar-refractivity contribution is 0.627. The number of aryl methyl sites for hydroxylation is 1. The van der Waals surface area contributed by atoms with E-state index in [1.807, 2.05) is 18.2 Å². The highest BCUT2D eigenvalue weighted by Crippen LogP contribution is 2.23. The van der Waals surface area contributed by atoms with Crippen molar-refractivity contribution in [2.24, 2.45) is 0 Å². The van der Waals surface area contributed by atoms with Crippen molar-refractivity contribution in [3.63, 3.8) is 0 Å².